The number of amides is 2. The van der Waals surface area contributed by atoms with E-state index in [9.17, 15) is 14.4 Å². The summed E-state index contributed by atoms with van der Waals surface area (Å²) in [5.41, 5.74) is -1.16. The van der Waals surface area contributed by atoms with Crippen LogP contribution in [0.15, 0.2) is 0 Å². The molecule has 1 fully saturated rings. The third kappa shape index (κ3) is 8.40. The van der Waals surface area contributed by atoms with Gasteiger partial charge in [-0.05, 0) is 60.8 Å². The maximum atomic E-state index is 12.3. The Labute approximate surface area is 155 Å². The lowest BCUT2D eigenvalue weighted by Gasteiger charge is -2.35. The quantitative estimate of drug-likeness (QED) is 0.453. The summed E-state index contributed by atoms with van der Waals surface area (Å²) in [5, 5.41) is 2.67. The van der Waals surface area contributed by atoms with Crippen LogP contribution in [0, 0.1) is 0 Å². The maximum absolute atomic E-state index is 12.3. The molecule has 26 heavy (non-hydrogen) atoms. The Kier molecular flexibility index (Phi) is 7.71. The third-order valence-corrected chi connectivity index (χ3v) is 3.43. The summed E-state index contributed by atoms with van der Waals surface area (Å²) in [6.07, 6.45) is 0.782. The fraction of sp³-hybridized carbons (Fsp3) is 0.833. The molecule has 0 aromatic rings. The van der Waals surface area contributed by atoms with E-state index in [1.165, 1.54) is 4.90 Å². The minimum atomic E-state index is -0.653. The van der Waals surface area contributed by atoms with E-state index in [2.05, 4.69) is 5.32 Å². The van der Waals surface area contributed by atoms with Crippen LogP contribution in [0.5, 0.6) is 0 Å². The van der Waals surface area contributed by atoms with Crippen molar-refractivity contribution < 1.29 is 28.6 Å². The molecule has 1 saturated heterocycles. The van der Waals surface area contributed by atoms with Gasteiger partial charge in [0.1, 0.15) is 23.9 Å². The Morgan fingerprint density at radius 3 is 2.31 bits per heavy atom. The van der Waals surface area contributed by atoms with Crippen molar-refractivity contribution in [1.82, 2.24) is 10.2 Å². The number of carbonyl (C=O) groups is 3. The zero-order valence-electron chi connectivity index (χ0n) is 16.7. The highest BCUT2D eigenvalue weighted by Crippen LogP contribution is 2.19. The molecule has 1 unspecified atom stereocenters. The molecule has 0 aromatic carbocycles. The summed E-state index contributed by atoms with van der Waals surface area (Å²) < 4.78 is 15.6. The lowest BCUT2D eigenvalue weighted by atomic mass is 10.1. The Bertz CT molecular complexity index is 507. The molecule has 1 N–H and O–H groups in total. The lowest BCUT2D eigenvalue weighted by molar-refractivity contribution is -0.157. The molecule has 1 aliphatic rings. The highest BCUT2D eigenvalue weighted by atomic mass is 16.6. The molecule has 0 aliphatic carbocycles. The summed E-state index contributed by atoms with van der Waals surface area (Å²) in [6.45, 7) is 11.7. The Morgan fingerprint density at radius 2 is 1.73 bits per heavy atom. The molecule has 2 amide bonds. The van der Waals surface area contributed by atoms with Gasteiger partial charge in [-0.1, -0.05) is 0 Å². The highest BCUT2D eigenvalue weighted by molar-refractivity contribution is 5.82. The first-order chi connectivity index (χ1) is 11.9. The van der Waals surface area contributed by atoms with Gasteiger partial charge < -0.3 is 19.5 Å². The Balaban J connectivity index is 2.43. The van der Waals surface area contributed by atoms with Crippen molar-refractivity contribution in [2.24, 2.45) is 0 Å². The summed E-state index contributed by atoms with van der Waals surface area (Å²) in [5.74, 6) is -0.415. The summed E-state index contributed by atoms with van der Waals surface area (Å²) in [4.78, 5) is 37.3. The van der Waals surface area contributed by atoms with E-state index in [0.717, 1.165) is 0 Å². The molecule has 0 bridgehead atoms. The lowest BCUT2D eigenvalue weighted by Crippen LogP contribution is -2.52. The SMILES string of the molecule is CC(C)(C)OC(=O)NCCCCC1C(=O)OCCN1C(=O)OC(C)(C)C. The first-order valence-corrected chi connectivity index (χ1v) is 9.02. The minimum absolute atomic E-state index is 0.175. The number of unbranched alkanes of at least 4 members (excludes halogenated alkanes) is 1. The number of nitrogens with zero attached hydrogens (tertiary/aromatic N) is 1. The zero-order chi connectivity index (χ0) is 20.0. The summed E-state index contributed by atoms with van der Waals surface area (Å²) in [6, 6.07) is -0.653. The van der Waals surface area contributed by atoms with Gasteiger partial charge in [0.15, 0.2) is 0 Å². The van der Waals surface area contributed by atoms with Crippen molar-refractivity contribution in [1.29, 1.82) is 0 Å². The van der Waals surface area contributed by atoms with Gasteiger partial charge in [-0.3, -0.25) is 4.90 Å². The second-order valence-electron chi connectivity index (χ2n) is 8.28. The van der Waals surface area contributed by atoms with Crippen LogP contribution < -0.4 is 5.32 Å². The van der Waals surface area contributed by atoms with Crippen LogP contribution in [0.4, 0.5) is 9.59 Å². The second kappa shape index (κ2) is 9.09. The first-order valence-electron chi connectivity index (χ1n) is 9.02. The van der Waals surface area contributed by atoms with Crippen molar-refractivity contribution in [3.05, 3.63) is 0 Å². The van der Waals surface area contributed by atoms with Crippen LogP contribution in [0.3, 0.4) is 0 Å². The molecule has 1 rings (SSSR count). The molecule has 1 heterocycles. The van der Waals surface area contributed by atoms with E-state index in [1.807, 2.05) is 0 Å². The average molecular weight is 372 g/mol. The summed E-state index contributed by atoms with van der Waals surface area (Å²) in [7, 11) is 0. The fourth-order valence-corrected chi connectivity index (χ4v) is 2.40. The number of nitrogens with one attached hydrogen (secondary N) is 1. The molecule has 0 spiro atoms. The molecular weight excluding hydrogens is 340 g/mol. The molecule has 0 saturated carbocycles. The normalized spacial score (nSPS) is 18.2. The highest BCUT2D eigenvalue weighted by Gasteiger charge is 2.36. The molecule has 8 nitrogen and oxygen atoms in total. The van der Waals surface area contributed by atoms with E-state index in [0.29, 0.717) is 32.4 Å². The van der Waals surface area contributed by atoms with Gasteiger partial charge in [-0.15, -0.1) is 0 Å². The molecule has 0 aromatic heterocycles. The Hall–Kier alpha value is -1.99. The number of rotatable bonds is 5. The molecular formula is C18H32N2O6. The smallest absolute Gasteiger partial charge is 0.411 e. The molecule has 8 heteroatoms. The van der Waals surface area contributed by atoms with Crippen LogP contribution >= 0.6 is 0 Å². The summed E-state index contributed by atoms with van der Waals surface area (Å²) >= 11 is 0. The van der Waals surface area contributed by atoms with Crippen molar-refractivity contribution in [3.8, 4) is 0 Å². The second-order valence-corrected chi connectivity index (χ2v) is 8.28. The number of morpholine rings is 1. The van der Waals surface area contributed by atoms with Crippen LogP contribution in [0.25, 0.3) is 0 Å². The van der Waals surface area contributed by atoms with Crippen molar-refractivity contribution in [3.63, 3.8) is 0 Å². The third-order valence-electron chi connectivity index (χ3n) is 3.43. The van der Waals surface area contributed by atoms with E-state index >= 15 is 0 Å². The minimum Gasteiger partial charge on any atom is -0.462 e. The van der Waals surface area contributed by atoms with E-state index in [-0.39, 0.29) is 6.61 Å². The van der Waals surface area contributed by atoms with Gasteiger partial charge >= 0.3 is 18.2 Å². The van der Waals surface area contributed by atoms with Crippen molar-refractivity contribution in [2.75, 3.05) is 19.7 Å². The number of alkyl carbamates (subject to hydrolysis) is 1. The average Bonchev–Trinajstić information content (AvgIpc) is 2.44. The van der Waals surface area contributed by atoms with E-state index in [4.69, 9.17) is 14.2 Å². The predicted molar refractivity (Wildman–Crippen MR) is 95.8 cm³/mol. The number of ether oxygens (including phenoxy) is 3. The standard InChI is InChI=1S/C18H32N2O6/c1-17(2,3)25-15(22)19-10-8-7-9-13-14(21)24-12-11-20(13)16(23)26-18(4,5)6/h13H,7-12H2,1-6H3,(H,19,22). The van der Waals surface area contributed by atoms with Gasteiger partial charge in [0.25, 0.3) is 0 Å². The fourth-order valence-electron chi connectivity index (χ4n) is 2.40. The van der Waals surface area contributed by atoms with Crippen LogP contribution in [-0.2, 0) is 19.0 Å². The number of hydrogen-bond donors (Lipinski definition) is 1. The van der Waals surface area contributed by atoms with Crippen molar-refractivity contribution >= 4 is 18.2 Å². The van der Waals surface area contributed by atoms with Crippen LogP contribution in [0.1, 0.15) is 60.8 Å². The number of cyclic esters (lactones) is 1. The maximum Gasteiger partial charge on any atom is 0.411 e. The van der Waals surface area contributed by atoms with Gasteiger partial charge in [0.05, 0.1) is 6.54 Å². The van der Waals surface area contributed by atoms with Crippen LogP contribution in [0.2, 0.25) is 0 Å². The zero-order valence-corrected chi connectivity index (χ0v) is 16.7. The largest absolute Gasteiger partial charge is 0.462 e. The topological polar surface area (TPSA) is 94.2 Å². The Morgan fingerprint density at radius 1 is 1.12 bits per heavy atom. The van der Waals surface area contributed by atoms with Crippen LogP contribution in [-0.4, -0.2) is 60.0 Å². The number of carbonyl (C=O) groups excluding carboxylic acids is 3. The molecule has 0 radical (unpaired) electrons. The van der Waals surface area contributed by atoms with Gasteiger partial charge in [-0.2, -0.15) is 0 Å². The van der Waals surface area contributed by atoms with Gasteiger partial charge in [0.2, 0.25) is 0 Å². The van der Waals surface area contributed by atoms with Crippen molar-refractivity contribution in [2.45, 2.75) is 78.0 Å². The number of esters is 1. The first kappa shape index (κ1) is 22.1. The van der Waals surface area contributed by atoms with E-state index < -0.39 is 35.4 Å². The monoisotopic (exact) mass is 372 g/mol. The molecule has 150 valence electrons. The van der Waals surface area contributed by atoms with Gasteiger partial charge in [0, 0.05) is 6.54 Å². The van der Waals surface area contributed by atoms with E-state index in [1.54, 1.807) is 41.5 Å². The van der Waals surface area contributed by atoms with Gasteiger partial charge in [-0.25, -0.2) is 14.4 Å². The number of hydrogen-bond acceptors (Lipinski definition) is 6. The predicted octanol–water partition coefficient (Wildman–Crippen LogP) is 2.84. The molecule has 1 atom stereocenters. The molecule has 1 aliphatic heterocycles.